The molecular formula is C16H21N3O2. The molecule has 112 valence electrons. The van der Waals surface area contributed by atoms with Crippen molar-refractivity contribution in [3.05, 3.63) is 29.8 Å². The maximum Gasteiger partial charge on any atom is 0.317 e. The summed E-state index contributed by atoms with van der Waals surface area (Å²) < 4.78 is 0. The van der Waals surface area contributed by atoms with Crippen molar-refractivity contribution in [1.82, 2.24) is 10.2 Å². The second kappa shape index (κ2) is 6.16. The number of para-hydroxylation sites is 1. The Labute approximate surface area is 124 Å². The molecule has 1 aromatic carbocycles. The normalized spacial score (nSPS) is 17.0. The van der Waals surface area contributed by atoms with Crippen LogP contribution in [0.25, 0.3) is 0 Å². The van der Waals surface area contributed by atoms with Gasteiger partial charge in [0.15, 0.2) is 0 Å². The topological polar surface area (TPSA) is 52.7 Å². The molecule has 1 aromatic rings. The average Bonchev–Trinajstić information content (AvgIpc) is 2.44. The lowest BCUT2D eigenvalue weighted by atomic mass is 10.0. The van der Waals surface area contributed by atoms with E-state index in [1.807, 2.05) is 23.1 Å². The second-order valence-corrected chi connectivity index (χ2v) is 5.60. The van der Waals surface area contributed by atoms with Gasteiger partial charge in [0.05, 0.1) is 0 Å². The number of carbonyl (C=O) groups is 2. The van der Waals surface area contributed by atoms with Gasteiger partial charge in [-0.3, -0.25) is 4.79 Å². The second-order valence-electron chi connectivity index (χ2n) is 5.60. The smallest absolute Gasteiger partial charge is 0.317 e. The van der Waals surface area contributed by atoms with Crippen molar-refractivity contribution in [3.63, 3.8) is 0 Å². The Morgan fingerprint density at radius 1 is 1.10 bits per heavy atom. The van der Waals surface area contributed by atoms with Gasteiger partial charge in [-0.1, -0.05) is 18.2 Å². The van der Waals surface area contributed by atoms with Gasteiger partial charge in [0.1, 0.15) is 0 Å². The van der Waals surface area contributed by atoms with E-state index >= 15 is 0 Å². The maximum absolute atomic E-state index is 12.4. The Morgan fingerprint density at radius 3 is 2.67 bits per heavy atom. The van der Waals surface area contributed by atoms with E-state index in [0.717, 1.165) is 44.6 Å². The van der Waals surface area contributed by atoms with Crippen molar-refractivity contribution in [2.24, 2.45) is 0 Å². The van der Waals surface area contributed by atoms with E-state index in [1.165, 1.54) is 5.56 Å². The summed E-state index contributed by atoms with van der Waals surface area (Å²) in [5, 5.41) is 2.82. The predicted octanol–water partition coefficient (Wildman–Crippen LogP) is 1.77. The molecule has 3 rings (SSSR count). The first-order valence-electron chi connectivity index (χ1n) is 7.67. The van der Waals surface area contributed by atoms with Gasteiger partial charge in [-0.2, -0.15) is 0 Å². The average molecular weight is 287 g/mol. The first kappa shape index (κ1) is 13.9. The lowest BCUT2D eigenvalue weighted by Crippen LogP contribution is -2.48. The summed E-state index contributed by atoms with van der Waals surface area (Å²) in [6.45, 7) is 2.85. The molecule has 0 aromatic heterocycles. The number of aryl methyl sites for hydroxylation is 1. The summed E-state index contributed by atoms with van der Waals surface area (Å²) in [6.07, 6.45) is 3.47. The van der Waals surface area contributed by atoms with E-state index in [0.29, 0.717) is 13.0 Å². The van der Waals surface area contributed by atoms with Crippen molar-refractivity contribution in [1.29, 1.82) is 0 Å². The van der Waals surface area contributed by atoms with E-state index < -0.39 is 0 Å². The standard InChI is InChI=1S/C16H21N3O2/c20-15(8-9-17-16(21)18-10-4-11-18)19-12-3-6-13-5-1-2-7-14(13)19/h1-2,5,7H,3-4,6,8-12H2,(H,17,21). The number of carbonyl (C=O) groups excluding carboxylic acids is 2. The van der Waals surface area contributed by atoms with Gasteiger partial charge in [-0.15, -0.1) is 0 Å². The van der Waals surface area contributed by atoms with E-state index in [4.69, 9.17) is 0 Å². The number of rotatable bonds is 3. The molecule has 2 heterocycles. The minimum Gasteiger partial charge on any atom is -0.337 e. The quantitative estimate of drug-likeness (QED) is 0.921. The number of benzene rings is 1. The Kier molecular flexibility index (Phi) is 4.08. The van der Waals surface area contributed by atoms with Gasteiger partial charge in [-0.25, -0.2) is 4.79 Å². The summed E-state index contributed by atoms with van der Waals surface area (Å²) in [7, 11) is 0. The molecule has 0 spiro atoms. The van der Waals surface area contributed by atoms with Gasteiger partial charge in [0, 0.05) is 38.3 Å². The molecular weight excluding hydrogens is 266 g/mol. The van der Waals surface area contributed by atoms with Gasteiger partial charge < -0.3 is 15.1 Å². The summed E-state index contributed by atoms with van der Waals surface area (Å²) >= 11 is 0. The highest BCUT2D eigenvalue weighted by Crippen LogP contribution is 2.26. The van der Waals surface area contributed by atoms with Crippen molar-refractivity contribution < 1.29 is 9.59 Å². The highest BCUT2D eigenvalue weighted by atomic mass is 16.2. The molecule has 21 heavy (non-hydrogen) atoms. The van der Waals surface area contributed by atoms with Crippen molar-refractivity contribution in [3.8, 4) is 0 Å². The van der Waals surface area contributed by atoms with Gasteiger partial charge >= 0.3 is 6.03 Å². The molecule has 2 aliphatic heterocycles. The van der Waals surface area contributed by atoms with E-state index in [-0.39, 0.29) is 11.9 Å². The van der Waals surface area contributed by atoms with Crippen LogP contribution < -0.4 is 10.2 Å². The predicted molar refractivity (Wildman–Crippen MR) is 81.3 cm³/mol. The molecule has 3 amide bonds. The van der Waals surface area contributed by atoms with Gasteiger partial charge in [0.2, 0.25) is 5.91 Å². The number of nitrogens with zero attached hydrogens (tertiary/aromatic N) is 2. The molecule has 1 N–H and O–H groups in total. The fourth-order valence-electron chi connectivity index (χ4n) is 2.84. The Morgan fingerprint density at radius 2 is 1.90 bits per heavy atom. The molecule has 5 nitrogen and oxygen atoms in total. The minimum absolute atomic E-state index is 0.0481. The van der Waals surface area contributed by atoms with E-state index in [2.05, 4.69) is 11.4 Å². The molecule has 0 aliphatic carbocycles. The first-order valence-corrected chi connectivity index (χ1v) is 7.67. The zero-order valence-corrected chi connectivity index (χ0v) is 12.2. The van der Waals surface area contributed by atoms with E-state index in [9.17, 15) is 9.59 Å². The summed E-state index contributed by atoms with van der Waals surface area (Å²) in [4.78, 5) is 27.6. The summed E-state index contributed by atoms with van der Waals surface area (Å²) in [5.41, 5.74) is 2.27. The van der Waals surface area contributed by atoms with Crippen LogP contribution in [0.5, 0.6) is 0 Å². The monoisotopic (exact) mass is 287 g/mol. The number of urea groups is 1. The largest absolute Gasteiger partial charge is 0.337 e. The van der Waals surface area contributed by atoms with Crippen molar-refractivity contribution in [2.45, 2.75) is 25.7 Å². The highest BCUT2D eigenvalue weighted by Gasteiger charge is 2.23. The number of anilines is 1. The van der Waals surface area contributed by atoms with Crippen LogP contribution in [0.1, 0.15) is 24.8 Å². The molecule has 0 saturated carbocycles. The lowest BCUT2D eigenvalue weighted by Gasteiger charge is -2.31. The number of hydrogen-bond acceptors (Lipinski definition) is 2. The Balaban J connectivity index is 1.53. The molecule has 1 saturated heterocycles. The van der Waals surface area contributed by atoms with E-state index in [1.54, 1.807) is 4.90 Å². The highest BCUT2D eigenvalue weighted by molar-refractivity contribution is 5.94. The number of likely N-dealkylation sites (tertiary alicyclic amines) is 1. The Hall–Kier alpha value is -2.04. The van der Waals surface area contributed by atoms with Crippen LogP contribution >= 0.6 is 0 Å². The zero-order valence-electron chi connectivity index (χ0n) is 12.2. The molecule has 5 heteroatoms. The lowest BCUT2D eigenvalue weighted by molar-refractivity contribution is -0.118. The zero-order chi connectivity index (χ0) is 14.7. The number of amides is 3. The SMILES string of the molecule is O=C(NCCC(=O)N1CCCc2ccccc21)N1CCC1. The van der Waals surface area contributed by atoms with Crippen LogP contribution in [0.4, 0.5) is 10.5 Å². The molecule has 1 fully saturated rings. The number of nitrogens with one attached hydrogen (secondary N) is 1. The summed E-state index contributed by atoms with van der Waals surface area (Å²) in [6, 6.07) is 8.02. The molecule has 0 radical (unpaired) electrons. The van der Waals surface area contributed by atoms with Crippen molar-refractivity contribution in [2.75, 3.05) is 31.1 Å². The third-order valence-corrected chi connectivity index (χ3v) is 4.17. The summed E-state index contributed by atoms with van der Waals surface area (Å²) in [5.74, 6) is 0.0889. The molecule has 0 atom stereocenters. The van der Waals surface area contributed by atoms with Crippen LogP contribution in [0.2, 0.25) is 0 Å². The number of hydrogen-bond donors (Lipinski definition) is 1. The van der Waals surface area contributed by atoms with Crippen LogP contribution in [0.15, 0.2) is 24.3 Å². The first-order chi connectivity index (χ1) is 10.3. The van der Waals surface area contributed by atoms with Crippen LogP contribution in [-0.4, -0.2) is 43.0 Å². The van der Waals surface area contributed by atoms with Gasteiger partial charge in [-0.05, 0) is 30.9 Å². The molecule has 0 bridgehead atoms. The Bertz CT molecular complexity index is 540. The van der Waals surface area contributed by atoms with Crippen LogP contribution in [0.3, 0.4) is 0 Å². The minimum atomic E-state index is -0.0481. The molecule has 2 aliphatic rings. The van der Waals surface area contributed by atoms with Crippen molar-refractivity contribution >= 4 is 17.6 Å². The van der Waals surface area contributed by atoms with Crippen LogP contribution in [0, 0.1) is 0 Å². The van der Waals surface area contributed by atoms with Crippen LogP contribution in [-0.2, 0) is 11.2 Å². The maximum atomic E-state index is 12.4. The molecule has 0 unspecified atom stereocenters. The third-order valence-electron chi connectivity index (χ3n) is 4.17. The van der Waals surface area contributed by atoms with Gasteiger partial charge in [0.25, 0.3) is 0 Å². The fraction of sp³-hybridized carbons (Fsp3) is 0.500. The fourth-order valence-corrected chi connectivity index (χ4v) is 2.84. The number of fused-ring (bicyclic) bond motifs is 1. The third kappa shape index (κ3) is 3.01.